The van der Waals surface area contributed by atoms with Crippen LogP contribution in [0.4, 0.5) is 5.82 Å². The quantitative estimate of drug-likeness (QED) is 0.230. The average molecular weight is 685 g/mol. The number of carbonyl (C=O) groups is 1. The number of nitrogens with one attached hydrogen (secondary N) is 1. The Morgan fingerprint density at radius 1 is 1.04 bits per heavy atom. The molecule has 14 nitrogen and oxygen atoms in total. The fraction of sp³-hybridized carbons (Fsp3) is 0.297. The Balaban J connectivity index is 1.29. The summed E-state index contributed by atoms with van der Waals surface area (Å²) < 4.78 is 11.2. The Morgan fingerprint density at radius 3 is 2.63 bits per heavy atom. The van der Waals surface area contributed by atoms with Gasteiger partial charge in [-0.15, -0.1) is 0 Å². The summed E-state index contributed by atoms with van der Waals surface area (Å²) in [5, 5.41) is 19.4. The normalized spacial score (nSPS) is 15.4. The van der Waals surface area contributed by atoms with Crippen molar-refractivity contribution >= 4 is 33.7 Å². The Morgan fingerprint density at radius 2 is 1.84 bits per heavy atom. The van der Waals surface area contributed by atoms with Gasteiger partial charge in [-0.2, -0.15) is 9.77 Å². The number of hydrogen-bond acceptors (Lipinski definition) is 10. The first kappa shape index (κ1) is 32.0. The number of hydrogen-bond donors (Lipinski definition) is 3. The standard InChI is InChI=1S/C37H36N10O4/c1-21-10-11-22(2)46(21)47-28(42-26-9-5-7-23(30(26)36(47)50)8-6-15-44-16-14-39-29(49)19-44)18-45-35-31(34(38)40-20-41-35)32(43-45)24-12-13-27(48)33-25(24)17-37(3,4)51-33/h5,7,9-13,20,48H,14-19H2,1-4H3,(H,39,49)(H2,38,40,41). The molecular weight excluding hydrogens is 648 g/mol. The van der Waals surface area contributed by atoms with Crippen LogP contribution in [0.25, 0.3) is 33.2 Å². The zero-order valence-corrected chi connectivity index (χ0v) is 28.7. The van der Waals surface area contributed by atoms with Crippen LogP contribution in [0.3, 0.4) is 0 Å². The molecule has 0 spiro atoms. The summed E-state index contributed by atoms with van der Waals surface area (Å²) >= 11 is 0. The molecule has 6 aromatic rings. The molecule has 0 unspecified atom stereocenters. The molecule has 0 saturated carbocycles. The third-order valence-corrected chi connectivity index (χ3v) is 9.35. The van der Waals surface area contributed by atoms with Crippen LogP contribution in [0, 0.1) is 25.7 Å². The van der Waals surface area contributed by atoms with Gasteiger partial charge in [0.05, 0.1) is 29.4 Å². The summed E-state index contributed by atoms with van der Waals surface area (Å²) in [6, 6.07) is 12.7. The fourth-order valence-electron chi connectivity index (χ4n) is 7.06. The van der Waals surface area contributed by atoms with Crippen LogP contribution in [-0.2, 0) is 17.8 Å². The molecule has 1 saturated heterocycles. The number of aromatic hydroxyl groups is 1. The Hall–Kier alpha value is -6.20. The third-order valence-electron chi connectivity index (χ3n) is 9.35. The largest absolute Gasteiger partial charge is 0.504 e. The first-order valence-electron chi connectivity index (χ1n) is 16.7. The number of aromatic nitrogens is 7. The molecule has 258 valence electrons. The van der Waals surface area contributed by atoms with Gasteiger partial charge >= 0.3 is 0 Å². The van der Waals surface area contributed by atoms with E-state index < -0.39 is 5.60 Å². The fourth-order valence-corrected chi connectivity index (χ4v) is 7.06. The van der Waals surface area contributed by atoms with Gasteiger partial charge in [-0.3, -0.25) is 19.2 Å². The van der Waals surface area contributed by atoms with Gasteiger partial charge in [0.25, 0.3) is 5.56 Å². The molecule has 2 aromatic carbocycles. The van der Waals surface area contributed by atoms with Crippen molar-refractivity contribution < 1.29 is 14.6 Å². The van der Waals surface area contributed by atoms with Crippen molar-refractivity contribution in [1.29, 1.82) is 0 Å². The molecule has 0 radical (unpaired) electrons. The van der Waals surface area contributed by atoms with Crippen molar-refractivity contribution in [2.24, 2.45) is 0 Å². The highest BCUT2D eigenvalue weighted by molar-refractivity contribution is 5.99. The van der Waals surface area contributed by atoms with E-state index >= 15 is 0 Å². The van der Waals surface area contributed by atoms with E-state index in [1.54, 1.807) is 27.6 Å². The zero-order valence-electron chi connectivity index (χ0n) is 28.7. The minimum atomic E-state index is -0.527. The summed E-state index contributed by atoms with van der Waals surface area (Å²) in [5.41, 5.74) is 10.9. The van der Waals surface area contributed by atoms with E-state index in [0.29, 0.717) is 70.8 Å². The predicted octanol–water partition coefficient (Wildman–Crippen LogP) is 2.77. The van der Waals surface area contributed by atoms with E-state index in [9.17, 15) is 14.7 Å². The first-order chi connectivity index (χ1) is 24.5. The zero-order chi connectivity index (χ0) is 35.6. The van der Waals surface area contributed by atoms with Crippen LogP contribution < -0.4 is 21.3 Å². The van der Waals surface area contributed by atoms with Gasteiger partial charge in [0.2, 0.25) is 5.91 Å². The highest BCUT2D eigenvalue weighted by atomic mass is 16.5. The molecule has 51 heavy (non-hydrogen) atoms. The molecule has 2 aliphatic heterocycles. The van der Waals surface area contributed by atoms with Gasteiger partial charge < -0.3 is 20.9 Å². The van der Waals surface area contributed by atoms with Gasteiger partial charge in [-0.25, -0.2) is 19.6 Å². The maximum absolute atomic E-state index is 14.7. The molecule has 4 aromatic heterocycles. The van der Waals surface area contributed by atoms with Crippen LogP contribution in [0.2, 0.25) is 0 Å². The molecule has 0 atom stereocenters. The number of amides is 1. The number of rotatable bonds is 5. The number of ether oxygens (including phenoxy) is 1. The highest BCUT2D eigenvalue weighted by Gasteiger charge is 2.35. The van der Waals surface area contributed by atoms with Crippen LogP contribution in [0.1, 0.15) is 42.2 Å². The SMILES string of the molecule is Cc1ccc(C)n1-n1c(Cn2nc(-c3ccc(O)c4c3CC(C)(C)O4)c3c(N)ncnc32)nc2cccc(C#CCN3CCNC(=O)C3)c2c1=O. The molecule has 1 amide bonds. The maximum atomic E-state index is 14.7. The van der Waals surface area contributed by atoms with Gasteiger partial charge in [-0.1, -0.05) is 17.9 Å². The van der Waals surface area contributed by atoms with Crippen molar-refractivity contribution in [2.75, 3.05) is 31.9 Å². The van der Waals surface area contributed by atoms with Gasteiger partial charge in [0.15, 0.2) is 23.0 Å². The number of nitrogens with two attached hydrogens (primary N) is 1. The highest BCUT2D eigenvalue weighted by Crippen LogP contribution is 2.47. The minimum absolute atomic E-state index is 0.0264. The van der Waals surface area contributed by atoms with Gasteiger partial charge in [0, 0.05) is 47.6 Å². The lowest BCUT2D eigenvalue weighted by molar-refractivity contribution is -0.123. The Bertz CT molecular complexity index is 2520. The van der Waals surface area contributed by atoms with Crippen molar-refractivity contribution in [3.8, 4) is 34.6 Å². The lowest BCUT2D eigenvalue weighted by atomic mass is 9.95. The van der Waals surface area contributed by atoms with E-state index in [1.807, 2.05) is 61.5 Å². The monoisotopic (exact) mass is 684 g/mol. The predicted molar refractivity (Wildman–Crippen MR) is 191 cm³/mol. The van der Waals surface area contributed by atoms with Gasteiger partial charge in [0.1, 0.15) is 30.0 Å². The van der Waals surface area contributed by atoms with E-state index in [4.69, 9.17) is 20.6 Å². The second kappa shape index (κ2) is 12.0. The summed E-state index contributed by atoms with van der Waals surface area (Å²) in [5.74, 6) is 7.44. The number of fused-ring (bicyclic) bond motifs is 3. The first-order valence-corrected chi connectivity index (χ1v) is 16.7. The van der Waals surface area contributed by atoms with Gasteiger partial charge in [-0.05, 0) is 64.1 Å². The number of nitrogen functional groups attached to an aromatic ring is 1. The van der Waals surface area contributed by atoms with Crippen LogP contribution >= 0.6 is 0 Å². The van der Waals surface area contributed by atoms with Crippen LogP contribution in [0.5, 0.6) is 11.5 Å². The molecule has 2 aliphatic rings. The lowest BCUT2D eigenvalue weighted by Gasteiger charge is -2.24. The number of benzene rings is 2. The van der Waals surface area contributed by atoms with E-state index in [-0.39, 0.29) is 36.1 Å². The number of phenols is 1. The summed E-state index contributed by atoms with van der Waals surface area (Å²) in [6.07, 6.45) is 1.93. The van der Waals surface area contributed by atoms with Crippen molar-refractivity contribution in [2.45, 2.75) is 46.3 Å². The van der Waals surface area contributed by atoms with Crippen molar-refractivity contribution in [3.63, 3.8) is 0 Å². The number of aryl methyl sites for hydroxylation is 2. The van der Waals surface area contributed by atoms with Crippen LogP contribution in [0.15, 0.2) is 53.6 Å². The molecule has 0 aliphatic carbocycles. The maximum Gasteiger partial charge on any atom is 0.282 e. The van der Waals surface area contributed by atoms with E-state index in [0.717, 1.165) is 22.5 Å². The second-order valence-electron chi connectivity index (χ2n) is 13.6. The number of piperazine rings is 1. The molecular formula is C37H36N10O4. The van der Waals surface area contributed by atoms with Crippen molar-refractivity contribution in [1.82, 2.24) is 44.3 Å². The molecule has 1 fully saturated rings. The summed E-state index contributed by atoms with van der Waals surface area (Å²) in [6.45, 7) is 9.82. The molecule has 8 rings (SSSR count). The minimum Gasteiger partial charge on any atom is -0.504 e. The Labute approximate surface area is 292 Å². The second-order valence-corrected chi connectivity index (χ2v) is 13.6. The Kier molecular flexibility index (Phi) is 7.53. The number of nitrogens with zero attached hydrogens (tertiary/aromatic N) is 8. The number of anilines is 1. The van der Waals surface area contributed by atoms with Crippen molar-refractivity contribution in [3.05, 3.63) is 87.5 Å². The summed E-state index contributed by atoms with van der Waals surface area (Å²) in [4.78, 5) is 42.4. The third kappa shape index (κ3) is 5.51. The van der Waals surface area contributed by atoms with Crippen LogP contribution in [-0.4, -0.2) is 81.8 Å². The molecule has 14 heteroatoms. The lowest BCUT2D eigenvalue weighted by Crippen LogP contribution is -2.47. The average Bonchev–Trinajstić information content (AvgIpc) is 3.74. The number of carbonyl (C=O) groups excluding carboxylic acids is 1. The molecule has 4 N–H and O–H groups in total. The molecule has 0 bridgehead atoms. The summed E-state index contributed by atoms with van der Waals surface area (Å²) in [7, 11) is 0. The number of phenolic OH excluding ortho intramolecular Hbond substituents is 1. The van der Waals surface area contributed by atoms with E-state index in [1.165, 1.54) is 6.33 Å². The molecule has 6 heterocycles. The van der Waals surface area contributed by atoms with E-state index in [2.05, 4.69) is 27.1 Å². The topological polar surface area (TPSA) is 171 Å². The smallest absolute Gasteiger partial charge is 0.282 e.